The van der Waals surface area contributed by atoms with E-state index < -0.39 is 0 Å². The summed E-state index contributed by atoms with van der Waals surface area (Å²) < 4.78 is 11.7. The van der Waals surface area contributed by atoms with Gasteiger partial charge in [-0.25, -0.2) is 4.98 Å². The Morgan fingerprint density at radius 3 is 2.81 bits per heavy atom. The predicted octanol–water partition coefficient (Wildman–Crippen LogP) is 4.02. The second-order valence-corrected chi connectivity index (χ2v) is 8.36. The number of hydrogen-bond donors (Lipinski definition) is 1. The van der Waals surface area contributed by atoms with Crippen molar-refractivity contribution >= 4 is 29.1 Å². The molecule has 1 aromatic heterocycles. The van der Waals surface area contributed by atoms with Crippen LogP contribution >= 0.6 is 11.6 Å². The van der Waals surface area contributed by atoms with Crippen LogP contribution in [-0.2, 0) is 9.59 Å². The van der Waals surface area contributed by atoms with Crippen LogP contribution in [0.25, 0.3) is 0 Å². The maximum atomic E-state index is 12.6. The Kier molecular flexibility index (Phi) is 6.61. The van der Waals surface area contributed by atoms with Gasteiger partial charge in [0.25, 0.3) is 0 Å². The highest BCUT2D eigenvalue weighted by Crippen LogP contribution is 2.37. The van der Waals surface area contributed by atoms with Crippen molar-refractivity contribution in [1.82, 2.24) is 9.88 Å². The maximum Gasteiger partial charge on any atom is 0.244 e. The Morgan fingerprint density at radius 2 is 2.06 bits per heavy atom. The first-order valence-corrected chi connectivity index (χ1v) is 10.9. The lowest BCUT2D eigenvalue weighted by Crippen LogP contribution is -2.34. The third-order valence-electron chi connectivity index (χ3n) is 5.84. The first kappa shape index (κ1) is 21.4. The third kappa shape index (κ3) is 5.10. The Morgan fingerprint density at radius 1 is 1.26 bits per heavy atom. The number of ether oxygens (including phenoxy) is 2. The van der Waals surface area contributed by atoms with Crippen molar-refractivity contribution in [3.63, 3.8) is 0 Å². The summed E-state index contributed by atoms with van der Waals surface area (Å²) in [5, 5.41) is 2.93. The minimum atomic E-state index is -0.302. The highest BCUT2D eigenvalue weighted by molar-refractivity contribution is 6.32. The number of nitrogens with one attached hydrogen (secondary N) is 1. The summed E-state index contributed by atoms with van der Waals surface area (Å²) in [4.78, 5) is 30.5. The number of hydrogen-bond acceptors (Lipinski definition) is 5. The standard InChI is InChI=1S/C23H26ClN3O4/c1-30-19-9-8-15(11-20(19)31-17-5-2-3-6-17)16-12-22(29)27(13-16)14-21(28)26-18-7-4-10-25-23(18)24/h4,7-11,16-17H,2-3,5-6,12-14H2,1H3,(H,26,28). The lowest BCUT2D eigenvalue weighted by Gasteiger charge is -2.19. The molecule has 8 heteroatoms. The fourth-order valence-electron chi connectivity index (χ4n) is 4.22. The molecule has 2 fully saturated rings. The molecule has 31 heavy (non-hydrogen) atoms. The Bertz CT molecular complexity index is 962. The summed E-state index contributed by atoms with van der Waals surface area (Å²) in [5.41, 5.74) is 1.45. The topological polar surface area (TPSA) is 80.8 Å². The normalized spacial score (nSPS) is 19.0. The molecular formula is C23H26ClN3O4. The number of carbonyl (C=O) groups is 2. The van der Waals surface area contributed by atoms with Gasteiger partial charge in [0.15, 0.2) is 16.7 Å². The number of aromatic nitrogens is 1. The number of pyridine rings is 1. The molecule has 1 aliphatic heterocycles. The van der Waals surface area contributed by atoms with E-state index in [1.807, 2.05) is 18.2 Å². The summed E-state index contributed by atoms with van der Waals surface area (Å²) in [5.74, 6) is 1.07. The predicted molar refractivity (Wildman–Crippen MR) is 118 cm³/mol. The van der Waals surface area contributed by atoms with Crippen LogP contribution in [0.3, 0.4) is 0 Å². The molecule has 0 spiro atoms. The van der Waals surface area contributed by atoms with Gasteiger partial charge >= 0.3 is 0 Å². The number of methoxy groups -OCH3 is 1. The van der Waals surface area contributed by atoms with Crippen LogP contribution in [0.4, 0.5) is 5.69 Å². The molecule has 164 valence electrons. The van der Waals surface area contributed by atoms with E-state index in [1.54, 1.807) is 30.3 Å². The second-order valence-electron chi connectivity index (χ2n) is 8.00. The number of rotatable bonds is 7. The molecule has 0 bridgehead atoms. The van der Waals surface area contributed by atoms with E-state index in [0.717, 1.165) is 24.2 Å². The lowest BCUT2D eigenvalue weighted by molar-refractivity contribution is -0.131. The summed E-state index contributed by atoms with van der Waals surface area (Å²) in [6.45, 7) is 0.449. The van der Waals surface area contributed by atoms with Crippen LogP contribution in [0.2, 0.25) is 5.15 Å². The van der Waals surface area contributed by atoms with E-state index in [0.29, 0.717) is 24.4 Å². The summed E-state index contributed by atoms with van der Waals surface area (Å²) >= 11 is 5.99. The van der Waals surface area contributed by atoms with Crippen LogP contribution in [0, 0.1) is 0 Å². The van der Waals surface area contributed by atoms with E-state index in [4.69, 9.17) is 21.1 Å². The number of likely N-dealkylation sites (tertiary alicyclic amines) is 1. The van der Waals surface area contributed by atoms with Gasteiger partial charge in [0.05, 0.1) is 25.4 Å². The number of nitrogens with zero attached hydrogens (tertiary/aromatic N) is 2. The average Bonchev–Trinajstić information content (AvgIpc) is 3.40. The highest BCUT2D eigenvalue weighted by Gasteiger charge is 2.32. The third-order valence-corrected chi connectivity index (χ3v) is 6.14. The molecular weight excluding hydrogens is 418 g/mol. The molecule has 1 N–H and O–H groups in total. The molecule has 1 unspecified atom stereocenters. The maximum absolute atomic E-state index is 12.6. The largest absolute Gasteiger partial charge is 0.493 e. The number of carbonyl (C=O) groups excluding carboxylic acids is 2. The van der Waals surface area contributed by atoms with Gasteiger partial charge in [-0.2, -0.15) is 0 Å². The molecule has 2 amide bonds. The molecule has 0 radical (unpaired) electrons. The number of anilines is 1. The van der Waals surface area contributed by atoms with Gasteiger partial charge in [-0.1, -0.05) is 17.7 Å². The quantitative estimate of drug-likeness (QED) is 0.653. The van der Waals surface area contributed by atoms with Gasteiger partial charge in [-0.15, -0.1) is 0 Å². The van der Waals surface area contributed by atoms with Crippen LogP contribution in [-0.4, -0.2) is 48.0 Å². The van der Waals surface area contributed by atoms with Crippen molar-refractivity contribution in [1.29, 1.82) is 0 Å². The first-order valence-electron chi connectivity index (χ1n) is 10.6. The zero-order valence-corrected chi connectivity index (χ0v) is 18.2. The summed E-state index contributed by atoms with van der Waals surface area (Å²) in [7, 11) is 1.63. The van der Waals surface area contributed by atoms with Crippen LogP contribution in [0.15, 0.2) is 36.5 Å². The number of benzene rings is 1. The van der Waals surface area contributed by atoms with E-state index in [2.05, 4.69) is 10.3 Å². The minimum Gasteiger partial charge on any atom is -0.493 e. The Hall–Kier alpha value is -2.80. The average molecular weight is 444 g/mol. The molecule has 2 aromatic rings. The monoisotopic (exact) mass is 443 g/mol. The van der Waals surface area contributed by atoms with Crippen LogP contribution < -0.4 is 14.8 Å². The molecule has 1 saturated carbocycles. The van der Waals surface area contributed by atoms with Gasteiger partial charge in [0, 0.05) is 25.1 Å². The van der Waals surface area contributed by atoms with Crippen molar-refractivity contribution in [3.05, 3.63) is 47.2 Å². The van der Waals surface area contributed by atoms with Gasteiger partial charge in [-0.05, 0) is 55.5 Å². The van der Waals surface area contributed by atoms with E-state index in [1.165, 1.54) is 12.8 Å². The van der Waals surface area contributed by atoms with E-state index in [9.17, 15) is 9.59 Å². The van der Waals surface area contributed by atoms with Crippen molar-refractivity contribution in [2.75, 3.05) is 25.5 Å². The zero-order valence-electron chi connectivity index (χ0n) is 17.5. The van der Waals surface area contributed by atoms with Crippen molar-refractivity contribution < 1.29 is 19.1 Å². The van der Waals surface area contributed by atoms with Crippen LogP contribution in [0.1, 0.15) is 43.6 Å². The summed E-state index contributed by atoms with van der Waals surface area (Å²) in [6.07, 6.45) is 6.60. The SMILES string of the molecule is COc1ccc(C2CC(=O)N(CC(=O)Nc3cccnc3Cl)C2)cc1OC1CCCC1. The zero-order chi connectivity index (χ0) is 21.8. The van der Waals surface area contributed by atoms with E-state index in [-0.39, 0.29) is 35.5 Å². The number of halogens is 1. The second kappa shape index (κ2) is 9.56. The van der Waals surface area contributed by atoms with Crippen molar-refractivity contribution in [2.45, 2.75) is 44.1 Å². The van der Waals surface area contributed by atoms with Crippen molar-refractivity contribution in [2.24, 2.45) is 0 Å². The first-order chi connectivity index (χ1) is 15.0. The molecule has 1 aromatic carbocycles. The molecule has 2 heterocycles. The van der Waals surface area contributed by atoms with Crippen LogP contribution in [0.5, 0.6) is 11.5 Å². The van der Waals surface area contributed by atoms with Gasteiger partial charge in [0.2, 0.25) is 11.8 Å². The minimum absolute atomic E-state index is 0.000820. The smallest absolute Gasteiger partial charge is 0.244 e. The molecule has 1 atom stereocenters. The Labute approximate surface area is 186 Å². The molecule has 2 aliphatic rings. The summed E-state index contributed by atoms with van der Waals surface area (Å²) in [6, 6.07) is 9.20. The van der Waals surface area contributed by atoms with Gasteiger partial charge in [-0.3, -0.25) is 9.59 Å². The molecule has 1 aliphatic carbocycles. The van der Waals surface area contributed by atoms with E-state index >= 15 is 0 Å². The fourth-order valence-corrected chi connectivity index (χ4v) is 4.38. The number of amides is 2. The molecule has 7 nitrogen and oxygen atoms in total. The molecule has 4 rings (SSSR count). The Balaban J connectivity index is 1.41. The van der Waals surface area contributed by atoms with Crippen molar-refractivity contribution in [3.8, 4) is 11.5 Å². The fraction of sp³-hybridized carbons (Fsp3) is 0.435. The lowest BCUT2D eigenvalue weighted by atomic mass is 9.98. The molecule has 1 saturated heterocycles. The van der Waals surface area contributed by atoms with Gasteiger partial charge < -0.3 is 19.7 Å². The highest BCUT2D eigenvalue weighted by atomic mass is 35.5. The van der Waals surface area contributed by atoms with Gasteiger partial charge in [0.1, 0.15) is 0 Å².